The number of hydrogen-bond donors (Lipinski definition) is 0. The topological polar surface area (TPSA) is 70.4 Å². The van der Waals surface area contributed by atoms with Crippen molar-refractivity contribution in [3.05, 3.63) is 0 Å². The highest BCUT2D eigenvalue weighted by Gasteiger charge is 2.44. The van der Waals surface area contributed by atoms with E-state index in [0.717, 1.165) is 17.1 Å². The molecule has 0 unspecified atom stereocenters. The minimum atomic E-state index is -3.88. The van der Waals surface area contributed by atoms with Crippen molar-refractivity contribution in [2.45, 2.75) is 31.6 Å². The molecule has 0 aromatic heterocycles. The lowest BCUT2D eigenvalue weighted by Gasteiger charge is -2.27. The third-order valence-corrected chi connectivity index (χ3v) is 5.87. The number of nitrogens with zero attached hydrogens (tertiary/aromatic N) is 2. The number of alkyl halides is 2. The SMILES string of the molecule is N#CC1(CS(=O)(=O)N2CCOCC(F)(F)C2)CCCC1. The molecule has 1 saturated heterocycles. The summed E-state index contributed by atoms with van der Waals surface area (Å²) < 4.78 is 57.1. The third kappa shape index (κ3) is 3.45. The number of hydrogen-bond acceptors (Lipinski definition) is 4. The molecule has 2 rings (SSSR count). The molecule has 0 aromatic carbocycles. The molecule has 2 aliphatic rings. The first-order chi connectivity index (χ1) is 9.29. The summed E-state index contributed by atoms with van der Waals surface area (Å²) in [6.45, 7) is -1.76. The highest BCUT2D eigenvalue weighted by molar-refractivity contribution is 7.89. The summed E-state index contributed by atoms with van der Waals surface area (Å²) >= 11 is 0. The van der Waals surface area contributed by atoms with Crippen molar-refractivity contribution in [3.8, 4) is 6.07 Å². The zero-order valence-electron chi connectivity index (χ0n) is 11.1. The molecule has 1 heterocycles. The summed E-state index contributed by atoms with van der Waals surface area (Å²) in [4.78, 5) is 0. The van der Waals surface area contributed by atoms with Gasteiger partial charge in [0, 0.05) is 6.54 Å². The van der Waals surface area contributed by atoms with Crippen LogP contribution in [0.2, 0.25) is 0 Å². The Morgan fingerprint density at radius 1 is 1.30 bits per heavy atom. The largest absolute Gasteiger partial charge is 0.374 e. The van der Waals surface area contributed by atoms with Gasteiger partial charge in [0.2, 0.25) is 10.0 Å². The van der Waals surface area contributed by atoms with Gasteiger partial charge in [-0.3, -0.25) is 0 Å². The lowest BCUT2D eigenvalue weighted by atomic mass is 9.91. The van der Waals surface area contributed by atoms with Gasteiger partial charge in [-0.1, -0.05) is 12.8 Å². The third-order valence-electron chi connectivity index (χ3n) is 3.86. The molecule has 20 heavy (non-hydrogen) atoms. The van der Waals surface area contributed by atoms with E-state index in [0.29, 0.717) is 12.8 Å². The maximum absolute atomic E-state index is 13.4. The molecule has 0 aromatic rings. The quantitative estimate of drug-likeness (QED) is 0.789. The second kappa shape index (κ2) is 5.54. The summed E-state index contributed by atoms with van der Waals surface area (Å²) in [6.07, 6.45) is 2.65. The van der Waals surface area contributed by atoms with Gasteiger partial charge in [0.25, 0.3) is 5.92 Å². The van der Waals surface area contributed by atoms with E-state index in [1.54, 1.807) is 0 Å². The van der Waals surface area contributed by atoms with Crippen LogP contribution < -0.4 is 0 Å². The lowest BCUT2D eigenvalue weighted by Crippen LogP contribution is -2.44. The molecule has 114 valence electrons. The molecule has 0 amide bonds. The van der Waals surface area contributed by atoms with Gasteiger partial charge < -0.3 is 4.74 Å². The molecular formula is C12H18F2N2O3S. The standard InChI is InChI=1S/C12H18F2N2O3S/c13-12(14)8-16(5-6-19-9-12)20(17,18)10-11(7-15)3-1-2-4-11/h1-6,8-10H2. The molecule has 5 nitrogen and oxygen atoms in total. The molecule has 0 bridgehead atoms. The first kappa shape index (κ1) is 15.6. The predicted molar refractivity (Wildman–Crippen MR) is 67.6 cm³/mol. The van der Waals surface area contributed by atoms with Gasteiger partial charge in [0.05, 0.1) is 30.4 Å². The minimum Gasteiger partial charge on any atom is -0.374 e. The van der Waals surface area contributed by atoms with Crippen LogP contribution in [0.5, 0.6) is 0 Å². The maximum Gasteiger partial charge on any atom is 0.284 e. The van der Waals surface area contributed by atoms with Crippen LogP contribution >= 0.6 is 0 Å². The van der Waals surface area contributed by atoms with Gasteiger partial charge in [-0.15, -0.1) is 0 Å². The number of ether oxygens (including phenoxy) is 1. The van der Waals surface area contributed by atoms with Gasteiger partial charge in [0.1, 0.15) is 6.61 Å². The van der Waals surface area contributed by atoms with Crippen LogP contribution in [0.25, 0.3) is 0 Å². The van der Waals surface area contributed by atoms with Crippen molar-refractivity contribution < 1.29 is 21.9 Å². The Hall–Kier alpha value is -0.780. The fourth-order valence-corrected chi connectivity index (χ4v) is 4.76. The van der Waals surface area contributed by atoms with E-state index >= 15 is 0 Å². The van der Waals surface area contributed by atoms with Crippen molar-refractivity contribution in [2.75, 3.05) is 32.1 Å². The maximum atomic E-state index is 13.4. The van der Waals surface area contributed by atoms with Crippen molar-refractivity contribution in [2.24, 2.45) is 5.41 Å². The van der Waals surface area contributed by atoms with Crippen LogP contribution in [0.15, 0.2) is 0 Å². The predicted octanol–water partition coefficient (Wildman–Crippen LogP) is 1.37. The molecule has 2 fully saturated rings. The van der Waals surface area contributed by atoms with Crippen LogP contribution in [0, 0.1) is 16.7 Å². The van der Waals surface area contributed by atoms with E-state index in [-0.39, 0.29) is 18.9 Å². The van der Waals surface area contributed by atoms with E-state index < -0.39 is 34.5 Å². The summed E-state index contributed by atoms with van der Waals surface area (Å²) in [5, 5.41) is 9.23. The Morgan fingerprint density at radius 3 is 2.55 bits per heavy atom. The Labute approximate surface area is 117 Å². The van der Waals surface area contributed by atoms with Crippen LogP contribution in [-0.4, -0.2) is 50.7 Å². The van der Waals surface area contributed by atoms with Gasteiger partial charge >= 0.3 is 0 Å². The Kier molecular flexibility index (Phi) is 4.33. The van der Waals surface area contributed by atoms with Gasteiger partial charge in [-0.25, -0.2) is 17.2 Å². The smallest absolute Gasteiger partial charge is 0.284 e. The fraction of sp³-hybridized carbons (Fsp3) is 0.917. The van der Waals surface area contributed by atoms with Crippen molar-refractivity contribution >= 4 is 10.0 Å². The van der Waals surface area contributed by atoms with Gasteiger partial charge in [-0.05, 0) is 12.8 Å². The number of sulfonamides is 1. The molecule has 0 radical (unpaired) electrons. The average Bonchev–Trinajstić information content (AvgIpc) is 2.72. The van der Waals surface area contributed by atoms with Gasteiger partial charge in [0.15, 0.2) is 0 Å². The zero-order valence-corrected chi connectivity index (χ0v) is 12.0. The Morgan fingerprint density at radius 2 is 1.95 bits per heavy atom. The molecule has 1 saturated carbocycles. The highest BCUT2D eigenvalue weighted by Crippen LogP contribution is 2.39. The highest BCUT2D eigenvalue weighted by atomic mass is 32.2. The first-order valence-corrected chi connectivity index (χ1v) is 8.24. The Bertz CT molecular complexity index is 495. The summed E-state index contributed by atoms with van der Waals surface area (Å²) in [7, 11) is -3.88. The second-order valence-electron chi connectivity index (χ2n) is 5.60. The summed E-state index contributed by atoms with van der Waals surface area (Å²) in [6, 6.07) is 2.08. The molecule has 1 aliphatic heterocycles. The van der Waals surface area contributed by atoms with Gasteiger partial charge in [-0.2, -0.15) is 9.57 Å². The molecule has 0 N–H and O–H groups in total. The zero-order chi connectivity index (χ0) is 14.9. The molecule has 0 atom stereocenters. The van der Waals surface area contributed by atoms with Crippen LogP contribution in [0.4, 0.5) is 8.78 Å². The van der Waals surface area contributed by atoms with Crippen molar-refractivity contribution in [3.63, 3.8) is 0 Å². The van der Waals surface area contributed by atoms with E-state index in [1.807, 2.05) is 0 Å². The number of nitriles is 1. The lowest BCUT2D eigenvalue weighted by molar-refractivity contribution is -0.0631. The first-order valence-electron chi connectivity index (χ1n) is 6.63. The summed E-state index contributed by atoms with van der Waals surface area (Å²) in [5.41, 5.74) is -0.915. The van der Waals surface area contributed by atoms with Crippen LogP contribution in [0.3, 0.4) is 0 Å². The van der Waals surface area contributed by atoms with Crippen molar-refractivity contribution in [1.82, 2.24) is 4.31 Å². The van der Waals surface area contributed by atoms with Crippen molar-refractivity contribution in [1.29, 1.82) is 5.26 Å². The second-order valence-corrected chi connectivity index (χ2v) is 7.57. The molecule has 0 spiro atoms. The minimum absolute atomic E-state index is 0.0472. The van der Waals surface area contributed by atoms with E-state index in [4.69, 9.17) is 4.74 Å². The van der Waals surface area contributed by atoms with Crippen LogP contribution in [0.1, 0.15) is 25.7 Å². The molecule has 8 heteroatoms. The fourth-order valence-electron chi connectivity index (χ4n) is 2.79. The summed E-state index contributed by atoms with van der Waals surface area (Å²) in [5.74, 6) is -3.55. The number of rotatable bonds is 3. The van der Waals surface area contributed by atoms with E-state index in [2.05, 4.69) is 6.07 Å². The molecular weight excluding hydrogens is 290 g/mol. The number of halogens is 2. The molecule has 1 aliphatic carbocycles. The van der Waals surface area contributed by atoms with Crippen LogP contribution in [-0.2, 0) is 14.8 Å². The Balaban J connectivity index is 2.15. The monoisotopic (exact) mass is 308 g/mol. The average molecular weight is 308 g/mol. The normalized spacial score (nSPS) is 26.9. The van der Waals surface area contributed by atoms with E-state index in [1.165, 1.54) is 0 Å². The van der Waals surface area contributed by atoms with E-state index in [9.17, 15) is 22.5 Å².